The van der Waals surface area contributed by atoms with Crippen LogP contribution in [0.3, 0.4) is 0 Å². The van der Waals surface area contributed by atoms with Crippen LogP contribution in [-0.2, 0) is 21.4 Å². The van der Waals surface area contributed by atoms with Crippen molar-refractivity contribution in [2.24, 2.45) is 0 Å². The number of halogens is 2. The summed E-state index contributed by atoms with van der Waals surface area (Å²) in [4.78, 5) is 17.8. The van der Waals surface area contributed by atoms with Crippen LogP contribution in [0.1, 0.15) is 25.0 Å². The predicted molar refractivity (Wildman–Crippen MR) is 133 cm³/mol. The zero-order valence-corrected chi connectivity index (χ0v) is 20.6. The van der Waals surface area contributed by atoms with Crippen LogP contribution in [0, 0.1) is 0 Å². The number of rotatable bonds is 6. The molecule has 0 saturated carbocycles. The van der Waals surface area contributed by atoms with Gasteiger partial charge in [-0.3, -0.25) is 9.69 Å². The van der Waals surface area contributed by atoms with E-state index in [4.69, 9.17) is 16.3 Å². The Morgan fingerprint density at radius 3 is 2.72 bits per heavy atom. The number of carbonyl (C=O) groups is 1. The van der Waals surface area contributed by atoms with E-state index in [0.717, 1.165) is 25.2 Å². The molecule has 5 nitrogen and oxygen atoms in total. The van der Waals surface area contributed by atoms with Crippen molar-refractivity contribution in [3.8, 4) is 0 Å². The lowest BCUT2D eigenvalue weighted by Gasteiger charge is -2.39. The molecule has 1 N–H and O–H groups in total. The van der Waals surface area contributed by atoms with Gasteiger partial charge in [-0.05, 0) is 36.6 Å². The Kier molecular flexibility index (Phi) is 8.23. The number of hydrogen-bond acceptors (Lipinski definition) is 4. The first-order valence-electron chi connectivity index (χ1n) is 11.0. The van der Waals surface area contributed by atoms with Crippen LogP contribution < -0.4 is 10.2 Å². The molecular formula is C25H33Cl2N3O2. The molecule has 1 unspecified atom stereocenters. The van der Waals surface area contributed by atoms with Crippen molar-refractivity contribution in [2.75, 3.05) is 44.8 Å². The maximum absolute atomic E-state index is 13.6. The van der Waals surface area contributed by atoms with Gasteiger partial charge in [0.15, 0.2) is 0 Å². The average molecular weight is 478 g/mol. The number of piperazine rings is 1. The van der Waals surface area contributed by atoms with Crippen LogP contribution in [-0.4, -0.2) is 62.8 Å². The van der Waals surface area contributed by atoms with Gasteiger partial charge in [0.2, 0.25) is 5.91 Å². The average Bonchev–Trinajstić information content (AvgIpc) is 3.02. The van der Waals surface area contributed by atoms with Gasteiger partial charge >= 0.3 is 0 Å². The molecular weight excluding hydrogens is 445 g/mol. The topological polar surface area (TPSA) is 44.8 Å². The van der Waals surface area contributed by atoms with Crippen LogP contribution in [0.2, 0.25) is 5.02 Å². The molecule has 0 aliphatic carbocycles. The van der Waals surface area contributed by atoms with E-state index in [1.807, 2.05) is 23.1 Å². The summed E-state index contributed by atoms with van der Waals surface area (Å²) in [6.45, 7) is 7.72. The largest absolute Gasteiger partial charge is 0.383 e. The van der Waals surface area contributed by atoms with E-state index in [-0.39, 0.29) is 29.8 Å². The highest BCUT2D eigenvalue weighted by Gasteiger charge is 2.42. The third-order valence-electron chi connectivity index (χ3n) is 6.57. The molecule has 1 saturated heterocycles. The second-order valence-corrected chi connectivity index (χ2v) is 9.65. The van der Waals surface area contributed by atoms with Gasteiger partial charge in [0, 0.05) is 55.0 Å². The first kappa shape index (κ1) is 25.0. The summed E-state index contributed by atoms with van der Waals surface area (Å²) < 4.78 is 5.40. The minimum Gasteiger partial charge on any atom is -0.383 e. The molecule has 2 aromatic carbocycles. The van der Waals surface area contributed by atoms with E-state index in [2.05, 4.69) is 54.4 Å². The number of amides is 1. The number of methoxy groups -OCH3 is 1. The third-order valence-corrected chi connectivity index (χ3v) is 6.81. The van der Waals surface area contributed by atoms with E-state index in [9.17, 15) is 4.79 Å². The zero-order valence-electron chi connectivity index (χ0n) is 19.0. The maximum Gasteiger partial charge on any atom is 0.241 e. The lowest BCUT2D eigenvalue weighted by Crippen LogP contribution is -2.59. The molecule has 174 valence electrons. The zero-order chi connectivity index (χ0) is 22.0. The Balaban J connectivity index is 0.00000289. The molecule has 2 heterocycles. The molecule has 0 aromatic heterocycles. The minimum atomic E-state index is -0.153. The Bertz CT molecular complexity index is 927. The van der Waals surface area contributed by atoms with E-state index in [1.54, 1.807) is 7.11 Å². The maximum atomic E-state index is 13.6. The molecule has 4 rings (SSSR count). The fraction of sp³-hybridized carbons (Fsp3) is 0.480. The van der Waals surface area contributed by atoms with Crippen molar-refractivity contribution in [3.05, 3.63) is 64.7 Å². The van der Waals surface area contributed by atoms with Gasteiger partial charge in [-0.15, -0.1) is 12.4 Å². The standard InChI is InChI=1S/C25H32ClN3O2.ClH/c1-18-14-28(21(13-27-18)16-31-3)15-24(30)29-17-25(2,12-19-7-5-4-6-8-19)22-10-9-20(26)11-23(22)29;/h4-11,18,21,27H,12-17H2,1-3H3;1H/t18-,21-,25?;/m1./s1. The number of benzene rings is 2. The smallest absolute Gasteiger partial charge is 0.241 e. The van der Waals surface area contributed by atoms with E-state index in [1.165, 1.54) is 11.1 Å². The summed E-state index contributed by atoms with van der Waals surface area (Å²) in [7, 11) is 1.71. The number of carbonyl (C=O) groups excluding carboxylic acids is 1. The van der Waals surface area contributed by atoms with Crippen LogP contribution in [0.4, 0.5) is 5.69 Å². The number of nitrogens with one attached hydrogen (secondary N) is 1. The van der Waals surface area contributed by atoms with Crippen LogP contribution in [0.5, 0.6) is 0 Å². The molecule has 1 fully saturated rings. The Morgan fingerprint density at radius 2 is 2.00 bits per heavy atom. The number of hydrogen-bond donors (Lipinski definition) is 1. The molecule has 0 radical (unpaired) electrons. The summed E-state index contributed by atoms with van der Waals surface area (Å²) in [6, 6.07) is 17.0. The van der Waals surface area contributed by atoms with Gasteiger partial charge in [-0.25, -0.2) is 0 Å². The fourth-order valence-corrected chi connectivity index (χ4v) is 5.19. The summed E-state index contributed by atoms with van der Waals surface area (Å²) in [5, 5.41) is 4.15. The highest BCUT2D eigenvalue weighted by Crippen LogP contribution is 2.44. The molecule has 2 aromatic rings. The second kappa shape index (κ2) is 10.5. The Morgan fingerprint density at radius 1 is 1.25 bits per heavy atom. The number of ether oxygens (including phenoxy) is 1. The first-order valence-corrected chi connectivity index (χ1v) is 11.4. The van der Waals surface area contributed by atoms with Crippen molar-refractivity contribution >= 4 is 35.6 Å². The molecule has 1 amide bonds. The quantitative estimate of drug-likeness (QED) is 0.684. The normalized spacial score (nSPS) is 25.3. The molecule has 0 spiro atoms. The van der Waals surface area contributed by atoms with Crippen LogP contribution >= 0.6 is 24.0 Å². The van der Waals surface area contributed by atoms with E-state index < -0.39 is 0 Å². The lowest BCUT2D eigenvalue weighted by molar-refractivity contribution is -0.121. The first-order chi connectivity index (χ1) is 14.9. The molecule has 7 heteroatoms. The van der Waals surface area contributed by atoms with Crippen LogP contribution in [0.25, 0.3) is 0 Å². The van der Waals surface area contributed by atoms with Crippen molar-refractivity contribution < 1.29 is 9.53 Å². The molecule has 32 heavy (non-hydrogen) atoms. The van der Waals surface area contributed by atoms with Crippen molar-refractivity contribution in [2.45, 2.75) is 37.8 Å². The van der Waals surface area contributed by atoms with Crippen molar-refractivity contribution in [3.63, 3.8) is 0 Å². The van der Waals surface area contributed by atoms with E-state index >= 15 is 0 Å². The monoisotopic (exact) mass is 477 g/mol. The SMILES string of the molecule is COC[C@H]1CN[C@H](C)CN1CC(=O)N1CC(C)(Cc2ccccc2)c2ccc(Cl)cc21.Cl. The third kappa shape index (κ3) is 5.29. The minimum absolute atomic E-state index is 0. The van der Waals surface area contributed by atoms with Gasteiger partial charge in [0.25, 0.3) is 0 Å². The van der Waals surface area contributed by atoms with Gasteiger partial charge in [-0.1, -0.05) is 54.9 Å². The van der Waals surface area contributed by atoms with Crippen molar-refractivity contribution in [1.82, 2.24) is 10.2 Å². The Hall–Kier alpha value is -1.63. The number of anilines is 1. The Labute approximate surface area is 202 Å². The van der Waals surface area contributed by atoms with Gasteiger partial charge < -0.3 is 15.0 Å². The number of fused-ring (bicyclic) bond motifs is 1. The summed E-state index contributed by atoms with van der Waals surface area (Å²) in [5.41, 5.74) is 3.26. The van der Waals surface area contributed by atoms with Crippen molar-refractivity contribution in [1.29, 1.82) is 0 Å². The lowest BCUT2D eigenvalue weighted by atomic mass is 9.79. The fourth-order valence-electron chi connectivity index (χ4n) is 5.02. The highest BCUT2D eigenvalue weighted by atomic mass is 35.5. The van der Waals surface area contributed by atoms with Crippen LogP contribution in [0.15, 0.2) is 48.5 Å². The van der Waals surface area contributed by atoms with Gasteiger partial charge in [0.05, 0.1) is 13.2 Å². The summed E-state index contributed by atoms with van der Waals surface area (Å²) in [5.74, 6) is 0.121. The van der Waals surface area contributed by atoms with E-state index in [0.29, 0.717) is 30.8 Å². The highest BCUT2D eigenvalue weighted by molar-refractivity contribution is 6.31. The van der Waals surface area contributed by atoms with Gasteiger partial charge in [0.1, 0.15) is 0 Å². The molecule has 3 atom stereocenters. The molecule has 2 aliphatic rings. The summed E-state index contributed by atoms with van der Waals surface area (Å²) in [6.07, 6.45) is 0.878. The molecule has 0 bridgehead atoms. The second-order valence-electron chi connectivity index (χ2n) is 9.21. The molecule has 2 aliphatic heterocycles. The summed E-state index contributed by atoms with van der Waals surface area (Å²) >= 11 is 6.35. The predicted octanol–water partition coefficient (Wildman–Crippen LogP) is 3.92. The number of nitrogens with zero attached hydrogens (tertiary/aromatic N) is 2. The van der Waals surface area contributed by atoms with Gasteiger partial charge in [-0.2, -0.15) is 0 Å².